The molecule has 1 aliphatic rings. The van der Waals surface area contributed by atoms with Gasteiger partial charge in [0.05, 0.1) is 5.60 Å². The molecule has 1 saturated heterocycles. The summed E-state index contributed by atoms with van der Waals surface area (Å²) in [7, 11) is 2.05. The predicted octanol–water partition coefficient (Wildman–Crippen LogP) is 2.62. The van der Waals surface area contributed by atoms with Crippen molar-refractivity contribution in [2.24, 2.45) is 0 Å². The van der Waals surface area contributed by atoms with Crippen LogP contribution >= 0.6 is 0 Å². The van der Waals surface area contributed by atoms with Gasteiger partial charge in [0.15, 0.2) is 0 Å². The van der Waals surface area contributed by atoms with Crippen LogP contribution < -0.4 is 0 Å². The number of hydrogen-bond donors (Lipinski definition) is 0. The number of hydrogen-bond acceptors (Lipinski definition) is 2. The molecule has 0 spiro atoms. The lowest BCUT2D eigenvalue weighted by molar-refractivity contribution is -0.113. The molecule has 1 aliphatic heterocycles. The molecule has 3 heteroatoms. The van der Waals surface area contributed by atoms with Gasteiger partial charge in [-0.25, -0.2) is 4.39 Å². The fraction of sp³-hybridized carbons (Fsp3) is 1.00. The molecule has 3 atom stereocenters. The molecular formula is C12H24FNO. The smallest absolute Gasteiger partial charge is 0.125 e. The molecule has 1 fully saturated rings. The van der Waals surface area contributed by atoms with Crippen molar-refractivity contribution in [1.82, 2.24) is 4.90 Å². The Morgan fingerprint density at radius 3 is 2.33 bits per heavy atom. The second-order valence-electron chi connectivity index (χ2n) is 5.56. The van der Waals surface area contributed by atoms with Crippen molar-refractivity contribution in [2.45, 2.75) is 64.5 Å². The molecule has 2 nitrogen and oxygen atoms in total. The minimum Gasteiger partial charge on any atom is -0.368 e. The highest BCUT2D eigenvalue weighted by Crippen LogP contribution is 2.26. The number of alkyl halides is 1. The Hall–Kier alpha value is -0.150. The van der Waals surface area contributed by atoms with Gasteiger partial charge in [0.25, 0.3) is 0 Å². The quantitative estimate of drug-likeness (QED) is 0.720. The van der Waals surface area contributed by atoms with Gasteiger partial charge in [0, 0.05) is 6.04 Å². The van der Waals surface area contributed by atoms with Crippen LogP contribution in [-0.2, 0) is 4.74 Å². The minimum absolute atomic E-state index is 0.240. The number of rotatable bonds is 3. The Bertz CT molecular complexity index is 200. The number of ether oxygens (including phenoxy) is 1. The molecule has 0 saturated carbocycles. The van der Waals surface area contributed by atoms with Gasteiger partial charge in [0.1, 0.15) is 12.3 Å². The maximum Gasteiger partial charge on any atom is 0.125 e. The Kier molecular flexibility index (Phi) is 4.13. The van der Waals surface area contributed by atoms with Crippen molar-refractivity contribution < 1.29 is 9.13 Å². The zero-order valence-corrected chi connectivity index (χ0v) is 10.6. The number of likely N-dealkylation sites (tertiary alicyclic amines) is 1. The summed E-state index contributed by atoms with van der Waals surface area (Å²) in [5.41, 5.74) is -0.269. The summed E-state index contributed by atoms with van der Waals surface area (Å²) in [6.45, 7) is 8.61. The fourth-order valence-electron chi connectivity index (χ4n) is 2.24. The molecule has 0 aromatic rings. The molecule has 1 rings (SSSR count). The molecule has 0 bridgehead atoms. The van der Waals surface area contributed by atoms with Gasteiger partial charge in [-0.1, -0.05) is 0 Å². The third kappa shape index (κ3) is 3.72. The first-order chi connectivity index (χ1) is 6.81. The van der Waals surface area contributed by atoms with Crippen molar-refractivity contribution in [3.8, 4) is 0 Å². The number of halogens is 1. The van der Waals surface area contributed by atoms with E-state index in [0.717, 1.165) is 19.4 Å². The second kappa shape index (κ2) is 4.79. The summed E-state index contributed by atoms with van der Waals surface area (Å²) >= 11 is 0. The van der Waals surface area contributed by atoms with E-state index in [4.69, 9.17) is 4.74 Å². The standard InChI is InChI=1S/C12H24FNO/c1-9(13)11(15-12(2,3)4)10-7-6-8-14(10)5/h9-11H,6-8H2,1-5H3/t9?,10-,11-/m0/s1. The van der Waals surface area contributed by atoms with E-state index in [0.29, 0.717) is 0 Å². The summed E-state index contributed by atoms with van der Waals surface area (Å²) in [6, 6.07) is 0.240. The van der Waals surface area contributed by atoms with Crippen molar-refractivity contribution in [3.63, 3.8) is 0 Å². The lowest BCUT2D eigenvalue weighted by Crippen LogP contribution is -2.46. The SMILES string of the molecule is CC(F)[C@H](OC(C)(C)C)[C@@H]1CCCN1C. The molecule has 0 N–H and O–H groups in total. The van der Waals surface area contributed by atoms with Crippen LogP contribution in [0.4, 0.5) is 4.39 Å². The van der Waals surface area contributed by atoms with Gasteiger partial charge in [0.2, 0.25) is 0 Å². The first-order valence-corrected chi connectivity index (χ1v) is 5.83. The predicted molar refractivity (Wildman–Crippen MR) is 60.8 cm³/mol. The second-order valence-corrected chi connectivity index (χ2v) is 5.56. The number of likely N-dealkylation sites (N-methyl/N-ethyl adjacent to an activating group) is 1. The normalized spacial score (nSPS) is 28.0. The van der Waals surface area contributed by atoms with Gasteiger partial charge in [-0.3, -0.25) is 0 Å². The summed E-state index contributed by atoms with van der Waals surface area (Å²) < 4.78 is 19.4. The maximum atomic E-state index is 13.6. The van der Waals surface area contributed by atoms with Crippen LogP contribution in [0.5, 0.6) is 0 Å². The van der Waals surface area contributed by atoms with Gasteiger partial charge in [-0.15, -0.1) is 0 Å². The van der Waals surface area contributed by atoms with Gasteiger partial charge < -0.3 is 9.64 Å². The van der Waals surface area contributed by atoms with Crippen molar-refractivity contribution in [2.75, 3.05) is 13.6 Å². The lowest BCUT2D eigenvalue weighted by atomic mass is 10.0. The molecule has 1 unspecified atom stereocenters. The highest BCUT2D eigenvalue weighted by atomic mass is 19.1. The zero-order chi connectivity index (χ0) is 11.6. The van der Waals surface area contributed by atoms with E-state index in [2.05, 4.69) is 11.9 Å². The third-order valence-corrected chi connectivity index (χ3v) is 2.90. The Labute approximate surface area is 92.8 Å². The van der Waals surface area contributed by atoms with Crippen LogP contribution in [0.15, 0.2) is 0 Å². The van der Waals surface area contributed by atoms with Crippen LogP contribution in [0.1, 0.15) is 40.5 Å². The molecule has 90 valence electrons. The van der Waals surface area contributed by atoms with Crippen molar-refractivity contribution in [3.05, 3.63) is 0 Å². The Balaban J connectivity index is 2.65. The fourth-order valence-corrected chi connectivity index (χ4v) is 2.24. The summed E-state index contributed by atoms with van der Waals surface area (Å²) in [4.78, 5) is 2.21. The van der Waals surface area contributed by atoms with E-state index < -0.39 is 6.17 Å². The van der Waals surface area contributed by atoms with Crippen molar-refractivity contribution >= 4 is 0 Å². The lowest BCUT2D eigenvalue weighted by Gasteiger charge is -2.35. The van der Waals surface area contributed by atoms with E-state index in [1.807, 2.05) is 20.8 Å². The topological polar surface area (TPSA) is 12.5 Å². The molecular weight excluding hydrogens is 193 g/mol. The van der Waals surface area contributed by atoms with E-state index >= 15 is 0 Å². The Morgan fingerprint density at radius 2 is 2.00 bits per heavy atom. The molecule has 0 aromatic heterocycles. The van der Waals surface area contributed by atoms with Crippen LogP contribution in [0.25, 0.3) is 0 Å². The molecule has 0 aliphatic carbocycles. The van der Waals surface area contributed by atoms with Crippen LogP contribution in [0.2, 0.25) is 0 Å². The van der Waals surface area contributed by atoms with E-state index in [1.165, 1.54) is 0 Å². The van der Waals surface area contributed by atoms with E-state index in [9.17, 15) is 4.39 Å². The van der Waals surface area contributed by atoms with Gasteiger partial charge >= 0.3 is 0 Å². The monoisotopic (exact) mass is 217 g/mol. The Morgan fingerprint density at radius 1 is 1.40 bits per heavy atom. The van der Waals surface area contributed by atoms with Crippen LogP contribution in [0, 0.1) is 0 Å². The third-order valence-electron chi connectivity index (χ3n) is 2.90. The molecule has 1 heterocycles. The maximum absolute atomic E-state index is 13.6. The summed E-state index contributed by atoms with van der Waals surface area (Å²) in [5.74, 6) is 0. The van der Waals surface area contributed by atoms with Crippen molar-refractivity contribution in [1.29, 1.82) is 0 Å². The highest BCUT2D eigenvalue weighted by molar-refractivity contribution is 4.88. The minimum atomic E-state index is -0.908. The summed E-state index contributed by atoms with van der Waals surface area (Å²) in [5, 5.41) is 0. The largest absolute Gasteiger partial charge is 0.368 e. The first-order valence-electron chi connectivity index (χ1n) is 5.83. The zero-order valence-electron chi connectivity index (χ0n) is 10.6. The first kappa shape index (κ1) is 12.9. The highest BCUT2D eigenvalue weighted by Gasteiger charge is 2.36. The molecule has 0 aromatic carbocycles. The van der Waals surface area contributed by atoms with Crippen LogP contribution in [-0.4, -0.2) is 42.4 Å². The van der Waals surface area contributed by atoms with Crippen LogP contribution in [0.3, 0.4) is 0 Å². The summed E-state index contributed by atoms with van der Waals surface area (Å²) in [6.07, 6.45) is 0.996. The van der Waals surface area contributed by atoms with E-state index in [1.54, 1.807) is 6.92 Å². The molecule has 0 amide bonds. The van der Waals surface area contributed by atoms with E-state index in [-0.39, 0.29) is 17.7 Å². The molecule has 15 heavy (non-hydrogen) atoms. The molecule has 0 radical (unpaired) electrons. The average molecular weight is 217 g/mol. The average Bonchev–Trinajstić information content (AvgIpc) is 2.45. The van der Waals surface area contributed by atoms with Gasteiger partial charge in [-0.05, 0) is 54.1 Å². The number of nitrogens with zero attached hydrogens (tertiary/aromatic N) is 1. The van der Waals surface area contributed by atoms with Gasteiger partial charge in [-0.2, -0.15) is 0 Å².